The molecule has 2 aromatic heterocycles. The molecule has 2 heterocycles. The highest BCUT2D eigenvalue weighted by Crippen LogP contribution is 2.31. The number of methoxy groups -OCH3 is 1. The van der Waals surface area contributed by atoms with Crippen LogP contribution in [0.4, 0.5) is 29.5 Å². The third kappa shape index (κ3) is 5.72. The summed E-state index contributed by atoms with van der Waals surface area (Å²) in [6, 6.07) is 11.1. The number of carbonyl (C=O) groups is 1. The van der Waals surface area contributed by atoms with E-state index in [1.807, 2.05) is 31.2 Å². The molecule has 0 spiro atoms. The van der Waals surface area contributed by atoms with Crippen LogP contribution in [0.1, 0.15) is 16.8 Å². The lowest BCUT2D eigenvalue weighted by molar-refractivity contribution is -0.754. The van der Waals surface area contributed by atoms with Crippen molar-refractivity contribution >= 4 is 17.6 Å². The Balaban J connectivity index is 1.39. The number of anilines is 2. The Kier molecular flexibility index (Phi) is 6.62. The molecule has 4 rings (SSSR count). The van der Waals surface area contributed by atoms with Crippen LogP contribution in [0.2, 0.25) is 0 Å². The zero-order valence-electron chi connectivity index (χ0n) is 18.6. The number of benzene rings is 2. The Morgan fingerprint density at radius 1 is 1.11 bits per heavy atom. The standard InChI is InChI=1S/C23H19F3N6O3/c1-14-20(21(34-2)28-13-27-14)16-8-6-15(7-9-16)11-32-12-19(35-31-32)30-22(33)29-18-5-3-4-17(10-18)23(24,25)26/h3-10,12-13H,11H2,1-2H3,(H-,29,30,31,33)/p+1. The molecule has 2 aromatic carbocycles. The molecule has 0 fully saturated rings. The van der Waals surface area contributed by atoms with Crippen LogP contribution in [0.5, 0.6) is 5.88 Å². The Morgan fingerprint density at radius 2 is 1.89 bits per heavy atom. The van der Waals surface area contributed by atoms with Gasteiger partial charge in [-0.25, -0.2) is 14.8 Å². The van der Waals surface area contributed by atoms with E-state index in [0.717, 1.165) is 34.5 Å². The fraction of sp³-hybridized carbons (Fsp3) is 0.174. The highest BCUT2D eigenvalue weighted by molar-refractivity contribution is 5.98. The van der Waals surface area contributed by atoms with Gasteiger partial charge in [0.25, 0.3) is 6.20 Å². The first-order valence-corrected chi connectivity index (χ1v) is 10.3. The van der Waals surface area contributed by atoms with E-state index in [2.05, 4.69) is 25.9 Å². The molecule has 2 N–H and O–H groups in total. The number of hydrogen-bond acceptors (Lipinski definition) is 6. The second-order valence-corrected chi connectivity index (χ2v) is 7.46. The monoisotopic (exact) mass is 485 g/mol. The molecule has 2 amide bonds. The van der Waals surface area contributed by atoms with Crippen molar-refractivity contribution in [2.24, 2.45) is 0 Å². The van der Waals surface area contributed by atoms with Gasteiger partial charge in [0, 0.05) is 11.3 Å². The topological polar surface area (TPSA) is 106 Å². The molecule has 4 aromatic rings. The number of ether oxygens (including phenoxy) is 1. The minimum atomic E-state index is -4.51. The van der Waals surface area contributed by atoms with Gasteiger partial charge < -0.3 is 10.1 Å². The van der Waals surface area contributed by atoms with E-state index >= 15 is 0 Å². The van der Waals surface area contributed by atoms with Gasteiger partial charge in [0.15, 0.2) is 0 Å². The average Bonchev–Trinajstić information content (AvgIpc) is 3.25. The number of rotatable bonds is 6. The van der Waals surface area contributed by atoms with E-state index in [9.17, 15) is 18.0 Å². The number of halogens is 3. The summed E-state index contributed by atoms with van der Waals surface area (Å²) < 4.78 is 50.4. The van der Waals surface area contributed by atoms with E-state index in [-0.39, 0.29) is 11.6 Å². The lowest BCUT2D eigenvalue weighted by atomic mass is 10.0. The summed E-state index contributed by atoms with van der Waals surface area (Å²) in [6.45, 7) is 2.22. The van der Waals surface area contributed by atoms with Crippen LogP contribution in [-0.2, 0) is 12.7 Å². The highest BCUT2D eigenvalue weighted by atomic mass is 19.4. The second-order valence-electron chi connectivity index (χ2n) is 7.46. The molecule has 0 bridgehead atoms. The van der Waals surface area contributed by atoms with Crippen molar-refractivity contribution in [3.8, 4) is 17.0 Å². The van der Waals surface area contributed by atoms with Crippen LogP contribution < -0.4 is 20.1 Å². The normalized spacial score (nSPS) is 11.2. The molecular weight excluding hydrogens is 465 g/mol. The molecule has 0 aliphatic rings. The van der Waals surface area contributed by atoms with Gasteiger partial charge in [-0.2, -0.15) is 13.2 Å². The molecule has 0 radical (unpaired) electrons. The van der Waals surface area contributed by atoms with Crippen molar-refractivity contribution in [2.45, 2.75) is 19.6 Å². The van der Waals surface area contributed by atoms with Crippen LogP contribution in [0.3, 0.4) is 0 Å². The van der Waals surface area contributed by atoms with E-state index in [1.54, 1.807) is 7.11 Å². The van der Waals surface area contributed by atoms with E-state index in [4.69, 9.17) is 9.26 Å². The van der Waals surface area contributed by atoms with Gasteiger partial charge in [-0.1, -0.05) is 30.3 Å². The van der Waals surface area contributed by atoms with Crippen LogP contribution in [0, 0.1) is 6.92 Å². The zero-order valence-corrected chi connectivity index (χ0v) is 18.6. The number of amides is 2. The molecule has 35 heavy (non-hydrogen) atoms. The van der Waals surface area contributed by atoms with Crippen LogP contribution in [-0.4, -0.2) is 28.4 Å². The maximum atomic E-state index is 12.8. The van der Waals surface area contributed by atoms with Crippen molar-refractivity contribution in [2.75, 3.05) is 17.7 Å². The summed E-state index contributed by atoms with van der Waals surface area (Å²) in [5.74, 6) is 0.503. The summed E-state index contributed by atoms with van der Waals surface area (Å²) in [6.07, 6.45) is -1.61. The van der Waals surface area contributed by atoms with Crippen molar-refractivity contribution in [1.29, 1.82) is 0 Å². The summed E-state index contributed by atoms with van der Waals surface area (Å²) in [7, 11) is 1.55. The quantitative estimate of drug-likeness (QED) is 0.391. The summed E-state index contributed by atoms with van der Waals surface area (Å²) in [4.78, 5) is 20.5. The molecule has 0 aliphatic carbocycles. The minimum Gasteiger partial charge on any atom is -0.480 e. The van der Waals surface area contributed by atoms with Gasteiger partial charge in [0.05, 0.1) is 23.9 Å². The number of nitrogens with one attached hydrogen (secondary N) is 2. The van der Waals surface area contributed by atoms with E-state index < -0.39 is 17.8 Å². The number of nitrogens with zero attached hydrogens (tertiary/aromatic N) is 4. The molecule has 0 aliphatic heterocycles. The third-order valence-electron chi connectivity index (χ3n) is 4.98. The second kappa shape index (κ2) is 9.79. The lowest BCUT2D eigenvalue weighted by Gasteiger charge is -2.09. The molecular formula is C23H20F3N6O3+. The smallest absolute Gasteiger partial charge is 0.416 e. The molecule has 12 heteroatoms. The first-order valence-electron chi connectivity index (χ1n) is 10.3. The third-order valence-corrected chi connectivity index (χ3v) is 4.98. The SMILES string of the molecule is COc1ncnc(C)c1-c1ccc(C[n+]2cc(NC(=O)Nc3cccc(C(F)(F)F)c3)on2)cc1. The largest absolute Gasteiger partial charge is 0.480 e. The first kappa shape index (κ1) is 23.7. The number of urea groups is 1. The summed E-state index contributed by atoms with van der Waals surface area (Å²) >= 11 is 0. The number of aryl methyl sites for hydroxylation is 1. The Bertz CT molecular complexity index is 1340. The van der Waals surface area contributed by atoms with E-state index in [0.29, 0.717) is 12.4 Å². The van der Waals surface area contributed by atoms with Crippen molar-refractivity contribution in [3.05, 3.63) is 77.9 Å². The zero-order chi connectivity index (χ0) is 25.0. The summed E-state index contributed by atoms with van der Waals surface area (Å²) in [5.41, 5.74) is 2.50. The van der Waals surface area contributed by atoms with Gasteiger partial charge in [-0.3, -0.25) is 9.84 Å². The maximum Gasteiger partial charge on any atom is 0.416 e. The average molecular weight is 485 g/mol. The number of aromatic nitrogens is 4. The number of carbonyl (C=O) groups excluding carboxylic acids is 1. The molecule has 0 atom stereocenters. The predicted molar refractivity (Wildman–Crippen MR) is 119 cm³/mol. The number of alkyl halides is 3. The fourth-order valence-electron chi connectivity index (χ4n) is 3.36. The van der Waals surface area contributed by atoms with E-state index in [1.165, 1.54) is 29.3 Å². The van der Waals surface area contributed by atoms with Gasteiger partial charge in [-0.15, -0.1) is 0 Å². The minimum absolute atomic E-state index is 0.0134. The molecule has 9 nitrogen and oxygen atoms in total. The first-order chi connectivity index (χ1) is 16.7. The predicted octanol–water partition coefficient (Wildman–Crippen LogP) is 4.45. The van der Waals surface area contributed by atoms with Crippen LogP contribution in [0.25, 0.3) is 11.1 Å². The van der Waals surface area contributed by atoms with Gasteiger partial charge in [0.2, 0.25) is 17.7 Å². The van der Waals surface area contributed by atoms with Gasteiger partial charge in [0.1, 0.15) is 6.33 Å². The van der Waals surface area contributed by atoms with Gasteiger partial charge in [-0.05, 0) is 35.4 Å². The Morgan fingerprint density at radius 3 is 2.60 bits per heavy atom. The number of hydrogen-bond donors (Lipinski definition) is 2. The molecule has 0 unspecified atom stereocenters. The Labute approximate surface area is 197 Å². The van der Waals surface area contributed by atoms with Crippen LogP contribution >= 0.6 is 0 Å². The van der Waals surface area contributed by atoms with Crippen molar-refractivity contribution in [3.63, 3.8) is 0 Å². The summed E-state index contributed by atoms with van der Waals surface area (Å²) in [5, 5.41) is 8.58. The van der Waals surface area contributed by atoms with Crippen LogP contribution in [0.15, 0.2) is 65.6 Å². The van der Waals surface area contributed by atoms with Crippen molar-refractivity contribution in [1.82, 2.24) is 15.2 Å². The molecule has 0 saturated heterocycles. The lowest BCUT2D eigenvalue weighted by Crippen LogP contribution is -2.35. The van der Waals surface area contributed by atoms with Gasteiger partial charge >= 0.3 is 18.1 Å². The molecule has 0 saturated carbocycles. The maximum absolute atomic E-state index is 12.8. The Hall–Kier alpha value is -4.48. The fourth-order valence-corrected chi connectivity index (χ4v) is 3.36. The molecule has 180 valence electrons. The van der Waals surface area contributed by atoms with Crippen molar-refractivity contribution < 1.29 is 31.9 Å². The highest BCUT2D eigenvalue weighted by Gasteiger charge is 2.30.